The second-order valence-electron chi connectivity index (χ2n) is 3.60. The smallest absolute Gasteiger partial charge is 0.0593 e. The molecule has 3 nitrogen and oxygen atoms in total. The maximum absolute atomic E-state index is 5.55. The van der Waals surface area contributed by atoms with E-state index < -0.39 is 0 Å². The molecule has 0 aliphatic rings. The van der Waals surface area contributed by atoms with Crippen LogP contribution in [0.25, 0.3) is 0 Å². The number of unbranched alkanes of at least 4 members (excludes halogenated alkanes) is 1. The van der Waals surface area contributed by atoms with Crippen molar-refractivity contribution < 1.29 is 4.74 Å². The molecule has 0 spiro atoms. The summed E-state index contributed by atoms with van der Waals surface area (Å²) in [6, 6.07) is 0. The van der Waals surface area contributed by atoms with Gasteiger partial charge >= 0.3 is 0 Å². The molecule has 0 saturated heterocycles. The molecule has 0 heterocycles. The zero-order valence-corrected chi connectivity index (χ0v) is 9.80. The van der Waals surface area contributed by atoms with E-state index in [0.29, 0.717) is 0 Å². The Balaban J connectivity index is 3.40. The molecule has 0 unspecified atom stereocenters. The summed E-state index contributed by atoms with van der Waals surface area (Å²) in [5.74, 6) is 0. The van der Waals surface area contributed by atoms with Crippen LogP contribution in [0.3, 0.4) is 0 Å². The normalized spacial score (nSPS) is 11.1. The molecule has 0 rings (SSSR count). The van der Waals surface area contributed by atoms with Gasteiger partial charge in [-0.3, -0.25) is 4.90 Å². The van der Waals surface area contributed by atoms with Crippen molar-refractivity contribution in [3.05, 3.63) is 0 Å². The summed E-state index contributed by atoms with van der Waals surface area (Å²) < 4.78 is 5.46. The third-order valence-electron chi connectivity index (χ3n) is 2.17. The number of nitrogens with zero attached hydrogens (tertiary/aromatic N) is 1. The Labute approximate surface area is 88.6 Å². The first-order chi connectivity index (χ1) is 6.85. The van der Waals surface area contributed by atoms with E-state index >= 15 is 0 Å². The van der Waals surface area contributed by atoms with Gasteiger partial charge in [-0.2, -0.15) is 0 Å². The van der Waals surface area contributed by atoms with E-state index in [1.807, 2.05) is 0 Å². The molecule has 0 aromatic rings. The molecule has 0 atom stereocenters. The first-order valence-corrected chi connectivity index (χ1v) is 5.85. The predicted molar refractivity (Wildman–Crippen MR) is 61.5 cm³/mol. The summed E-state index contributed by atoms with van der Waals surface area (Å²) in [7, 11) is 0. The number of hydrogen-bond acceptors (Lipinski definition) is 3. The SMILES string of the molecule is CCCCN(CCN)CCOCCC. The fourth-order valence-corrected chi connectivity index (χ4v) is 1.34. The molecular formula is C11H26N2O. The second kappa shape index (κ2) is 11.0. The lowest BCUT2D eigenvalue weighted by atomic mass is 10.3. The molecule has 0 aromatic carbocycles. The summed E-state index contributed by atoms with van der Waals surface area (Å²) >= 11 is 0. The molecule has 0 aliphatic heterocycles. The summed E-state index contributed by atoms with van der Waals surface area (Å²) in [6.45, 7) is 10.00. The van der Waals surface area contributed by atoms with Crippen molar-refractivity contribution in [3.63, 3.8) is 0 Å². The van der Waals surface area contributed by atoms with Crippen LogP contribution in [0.15, 0.2) is 0 Å². The third kappa shape index (κ3) is 8.48. The Morgan fingerprint density at radius 2 is 1.79 bits per heavy atom. The highest BCUT2D eigenvalue weighted by molar-refractivity contribution is 4.57. The van der Waals surface area contributed by atoms with E-state index in [1.165, 1.54) is 12.8 Å². The Morgan fingerprint density at radius 3 is 2.36 bits per heavy atom. The lowest BCUT2D eigenvalue weighted by Gasteiger charge is -2.20. The first-order valence-electron chi connectivity index (χ1n) is 5.85. The number of hydrogen-bond donors (Lipinski definition) is 1. The van der Waals surface area contributed by atoms with Gasteiger partial charge in [0.1, 0.15) is 0 Å². The fraction of sp³-hybridized carbons (Fsp3) is 1.00. The van der Waals surface area contributed by atoms with Crippen molar-refractivity contribution in [1.29, 1.82) is 0 Å². The minimum absolute atomic E-state index is 0.748. The molecule has 0 bridgehead atoms. The van der Waals surface area contributed by atoms with Gasteiger partial charge in [0.15, 0.2) is 0 Å². The molecule has 86 valence electrons. The van der Waals surface area contributed by atoms with Gasteiger partial charge in [0.2, 0.25) is 0 Å². The van der Waals surface area contributed by atoms with Gasteiger partial charge in [-0.25, -0.2) is 0 Å². The van der Waals surface area contributed by atoms with Gasteiger partial charge in [0.05, 0.1) is 6.61 Å². The summed E-state index contributed by atoms with van der Waals surface area (Å²) in [5, 5.41) is 0. The monoisotopic (exact) mass is 202 g/mol. The standard InChI is InChI=1S/C11H26N2O/c1-3-5-7-13(8-6-12)9-11-14-10-4-2/h3-12H2,1-2H3. The third-order valence-corrected chi connectivity index (χ3v) is 2.17. The van der Waals surface area contributed by atoms with E-state index in [4.69, 9.17) is 10.5 Å². The van der Waals surface area contributed by atoms with Crippen LogP contribution in [0.1, 0.15) is 33.1 Å². The average molecular weight is 202 g/mol. The summed E-state index contributed by atoms with van der Waals surface area (Å²) in [6.07, 6.45) is 3.61. The number of rotatable bonds is 10. The Kier molecular flexibility index (Phi) is 10.9. The number of ether oxygens (including phenoxy) is 1. The maximum atomic E-state index is 5.55. The molecule has 0 aromatic heterocycles. The highest BCUT2D eigenvalue weighted by Gasteiger charge is 2.02. The van der Waals surface area contributed by atoms with Crippen LogP contribution in [0.4, 0.5) is 0 Å². The van der Waals surface area contributed by atoms with Crippen molar-refractivity contribution in [3.8, 4) is 0 Å². The van der Waals surface area contributed by atoms with Gasteiger partial charge in [-0.15, -0.1) is 0 Å². The molecule has 0 saturated carbocycles. The van der Waals surface area contributed by atoms with Crippen LogP contribution in [0.2, 0.25) is 0 Å². The van der Waals surface area contributed by atoms with Crippen LogP contribution in [0, 0.1) is 0 Å². The van der Waals surface area contributed by atoms with E-state index in [0.717, 1.165) is 45.8 Å². The Hall–Kier alpha value is -0.120. The second-order valence-corrected chi connectivity index (χ2v) is 3.60. The van der Waals surface area contributed by atoms with Crippen LogP contribution < -0.4 is 5.73 Å². The van der Waals surface area contributed by atoms with Crippen molar-refractivity contribution in [2.24, 2.45) is 5.73 Å². The Bertz CT molecular complexity index is 109. The highest BCUT2D eigenvalue weighted by atomic mass is 16.5. The van der Waals surface area contributed by atoms with Gasteiger partial charge in [0.25, 0.3) is 0 Å². The van der Waals surface area contributed by atoms with Crippen LogP contribution in [-0.2, 0) is 4.74 Å². The maximum Gasteiger partial charge on any atom is 0.0593 e. The van der Waals surface area contributed by atoms with Gasteiger partial charge in [-0.05, 0) is 19.4 Å². The van der Waals surface area contributed by atoms with Crippen molar-refractivity contribution in [2.75, 3.05) is 39.4 Å². The Morgan fingerprint density at radius 1 is 1.00 bits per heavy atom. The van der Waals surface area contributed by atoms with Gasteiger partial charge < -0.3 is 10.5 Å². The topological polar surface area (TPSA) is 38.5 Å². The minimum Gasteiger partial charge on any atom is -0.380 e. The molecule has 0 amide bonds. The van der Waals surface area contributed by atoms with E-state index in [1.54, 1.807) is 0 Å². The average Bonchev–Trinajstić information content (AvgIpc) is 2.20. The van der Waals surface area contributed by atoms with E-state index in [2.05, 4.69) is 18.7 Å². The predicted octanol–water partition coefficient (Wildman–Crippen LogP) is 1.47. The van der Waals surface area contributed by atoms with Crippen molar-refractivity contribution in [1.82, 2.24) is 4.90 Å². The van der Waals surface area contributed by atoms with Gasteiger partial charge in [0, 0.05) is 26.2 Å². The lowest BCUT2D eigenvalue weighted by molar-refractivity contribution is 0.104. The molecule has 2 N–H and O–H groups in total. The lowest BCUT2D eigenvalue weighted by Crippen LogP contribution is -2.33. The summed E-state index contributed by atoms with van der Waals surface area (Å²) in [5.41, 5.74) is 5.55. The quantitative estimate of drug-likeness (QED) is 0.545. The van der Waals surface area contributed by atoms with Crippen LogP contribution in [-0.4, -0.2) is 44.3 Å². The minimum atomic E-state index is 0.748. The van der Waals surface area contributed by atoms with Crippen LogP contribution >= 0.6 is 0 Å². The molecule has 14 heavy (non-hydrogen) atoms. The van der Waals surface area contributed by atoms with Gasteiger partial charge in [-0.1, -0.05) is 20.3 Å². The zero-order chi connectivity index (χ0) is 10.6. The molecular weight excluding hydrogens is 176 g/mol. The molecule has 0 fully saturated rings. The molecule has 0 radical (unpaired) electrons. The van der Waals surface area contributed by atoms with Crippen LogP contribution in [0.5, 0.6) is 0 Å². The molecule has 3 heteroatoms. The zero-order valence-electron chi connectivity index (χ0n) is 9.80. The van der Waals surface area contributed by atoms with Crippen molar-refractivity contribution in [2.45, 2.75) is 33.1 Å². The van der Waals surface area contributed by atoms with E-state index in [-0.39, 0.29) is 0 Å². The molecule has 0 aliphatic carbocycles. The summed E-state index contributed by atoms with van der Waals surface area (Å²) in [4.78, 5) is 2.39. The fourth-order valence-electron chi connectivity index (χ4n) is 1.34. The van der Waals surface area contributed by atoms with E-state index in [9.17, 15) is 0 Å². The first kappa shape index (κ1) is 13.9. The largest absolute Gasteiger partial charge is 0.380 e. The van der Waals surface area contributed by atoms with Crippen molar-refractivity contribution >= 4 is 0 Å². The highest BCUT2D eigenvalue weighted by Crippen LogP contribution is 1.94. The number of nitrogens with two attached hydrogens (primary N) is 1.